The molecule has 21 heavy (non-hydrogen) atoms. The van der Waals surface area contributed by atoms with E-state index in [0.29, 0.717) is 26.3 Å². The van der Waals surface area contributed by atoms with Crippen molar-refractivity contribution in [2.45, 2.75) is 32.9 Å². The summed E-state index contributed by atoms with van der Waals surface area (Å²) in [6.45, 7) is 6.68. The average Bonchev–Trinajstić information content (AvgIpc) is 2.87. The Morgan fingerprint density at radius 2 is 2.14 bits per heavy atom. The molecule has 0 spiro atoms. The molecule has 1 aliphatic rings. The van der Waals surface area contributed by atoms with Crippen LogP contribution in [-0.4, -0.2) is 60.7 Å². The van der Waals surface area contributed by atoms with Crippen LogP contribution in [0.4, 0.5) is 0 Å². The number of hydrogen-bond acceptors (Lipinski definition) is 4. The molecule has 2 heterocycles. The summed E-state index contributed by atoms with van der Waals surface area (Å²) in [6, 6.07) is 0. The molecule has 1 aromatic rings. The summed E-state index contributed by atoms with van der Waals surface area (Å²) in [5.74, 6) is 0.0193. The summed E-state index contributed by atoms with van der Waals surface area (Å²) in [4.78, 5) is 0. The summed E-state index contributed by atoms with van der Waals surface area (Å²) >= 11 is 0. The highest BCUT2D eigenvalue weighted by Crippen LogP contribution is 2.30. The first-order valence-electron chi connectivity index (χ1n) is 7.21. The minimum atomic E-state index is -3.42. The molecule has 120 valence electrons. The van der Waals surface area contributed by atoms with Gasteiger partial charge in [0, 0.05) is 57.5 Å². The molecule has 1 aliphatic heterocycles. The van der Waals surface area contributed by atoms with E-state index in [-0.39, 0.29) is 5.92 Å². The highest BCUT2D eigenvalue weighted by Gasteiger charge is 2.35. The molecule has 8 heteroatoms. The first-order chi connectivity index (χ1) is 9.91. The fourth-order valence-corrected chi connectivity index (χ4v) is 3.80. The number of ether oxygens (including phenoxy) is 1. The van der Waals surface area contributed by atoms with Crippen molar-refractivity contribution in [3.8, 4) is 0 Å². The minimum absolute atomic E-state index is 0.0193. The van der Waals surface area contributed by atoms with E-state index >= 15 is 0 Å². The Morgan fingerprint density at radius 1 is 1.43 bits per heavy atom. The average molecular weight is 316 g/mol. The zero-order valence-electron chi connectivity index (χ0n) is 13.1. The molecule has 2 rings (SSSR count). The molecule has 0 amide bonds. The second-order valence-corrected chi connectivity index (χ2v) is 7.45. The van der Waals surface area contributed by atoms with Crippen molar-refractivity contribution >= 4 is 10.2 Å². The monoisotopic (exact) mass is 316 g/mol. The van der Waals surface area contributed by atoms with Gasteiger partial charge in [0.05, 0.1) is 12.8 Å². The third-order valence-electron chi connectivity index (χ3n) is 3.73. The van der Waals surface area contributed by atoms with E-state index in [2.05, 4.69) is 5.10 Å². The number of fused-ring (bicyclic) bond motifs is 1. The summed E-state index contributed by atoms with van der Waals surface area (Å²) < 4.78 is 35.0. The van der Waals surface area contributed by atoms with Gasteiger partial charge in [0.1, 0.15) is 0 Å². The third-order valence-corrected chi connectivity index (χ3v) is 5.58. The van der Waals surface area contributed by atoms with Crippen LogP contribution in [0.5, 0.6) is 0 Å². The second-order valence-electron chi connectivity index (χ2n) is 5.31. The van der Waals surface area contributed by atoms with Crippen LogP contribution in [0.1, 0.15) is 31.0 Å². The molecule has 0 aliphatic carbocycles. The lowest BCUT2D eigenvalue weighted by molar-refractivity contribution is 0.118. The lowest BCUT2D eigenvalue weighted by Gasteiger charge is -2.33. The van der Waals surface area contributed by atoms with Gasteiger partial charge in [-0.25, -0.2) is 0 Å². The fourth-order valence-electron chi connectivity index (χ4n) is 2.67. The standard InChI is InChI=1S/C13H24N4O3S/c1-5-17-13-11(7-14-17)8-16(21(18,19)15(3)4)9-12(13)10-20-6-2/h7,12H,5-6,8-10H2,1-4H3/t12-/m0/s1. The van der Waals surface area contributed by atoms with Crippen molar-refractivity contribution < 1.29 is 13.2 Å². The van der Waals surface area contributed by atoms with Crippen LogP contribution in [0.2, 0.25) is 0 Å². The number of rotatable bonds is 6. The smallest absolute Gasteiger partial charge is 0.281 e. The van der Waals surface area contributed by atoms with Gasteiger partial charge >= 0.3 is 0 Å². The second kappa shape index (κ2) is 6.43. The Balaban J connectivity index is 2.34. The maximum absolute atomic E-state index is 12.4. The zero-order valence-corrected chi connectivity index (χ0v) is 13.9. The molecule has 0 saturated heterocycles. The Labute approximate surface area is 126 Å². The van der Waals surface area contributed by atoms with Gasteiger partial charge in [-0.05, 0) is 13.8 Å². The van der Waals surface area contributed by atoms with Crippen LogP contribution in [0.3, 0.4) is 0 Å². The van der Waals surface area contributed by atoms with Gasteiger partial charge in [0.25, 0.3) is 10.2 Å². The Morgan fingerprint density at radius 3 is 2.71 bits per heavy atom. The van der Waals surface area contributed by atoms with Gasteiger partial charge in [-0.15, -0.1) is 0 Å². The van der Waals surface area contributed by atoms with Crippen molar-refractivity contribution in [1.82, 2.24) is 18.4 Å². The topological polar surface area (TPSA) is 67.7 Å². The van der Waals surface area contributed by atoms with Crippen molar-refractivity contribution in [3.05, 3.63) is 17.5 Å². The number of aromatic nitrogens is 2. The van der Waals surface area contributed by atoms with E-state index in [9.17, 15) is 8.42 Å². The minimum Gasteiger partial charge on any atom is -0.381 e. The van der Waals surface area contributed by atoms with Crippen LogP contribution in [0.25, 0.3) is 0 Å². The van der Waals surface area contributed by atoms with E-state index in [1.165, 1.54) is 8.61 Å². The van der Waals surface area contributed by atoms with Crippen LogP contribution in [-0.2, 0) is 28.0 Å². The normalized spacial score (nSPS) is 20.0. The highest BCUT2D eigenvalue weighted by atomic mass is 32.2. The van der Waals surface area contributed by atoms with Gasteiger partial charge in [0.2, 0.25) is 0 Å². The van der Waals surface area contributed by atoms with Crippen LogP contribution < -0.4 is 0 Å². The SMILES string of the molecule is CCOC[C@@H]1CN(S(=O)(=O)N(C)C)Cc2cnn(CC)c21. The maximum atomic E-state index is 12.4. The van der Waals surface area contributed by atoms with Gasteiger partial charge in [-0.3, -0.25) is 4.68 Å². The number of nitrogens with zero attached hydrogens (tertiary/aromatic N) is 4. The largest absolute Gasteiger partial charge is 0.381 e. The summed E-state index contributed by atoms with van der Waals surface area (Å²) in [6.07, 6.45) is 1.77. The first-order valence-corrected chi connectivity index (χ1v) is 8.61. The van der Waals surface area contributed by atoms with Gasteiger partial charge in [-0.2, -0.15) is 22.1 Å². The zero-order chi connectivity index (χ0) is 15.6. The number of aryl methyl sites for hydroxylation is 1. The predicted molar refractivity (Wildman–Crippen MR) is 80.2 cm³/mol. The summed E-state index contributed by atoms with van der Waals surface area (Å²) in [5, 5.41) is 4.36. The molecule has 0 N–H and O–H groups in total. The summed E-state index contributed by atoms with van der Waals surface area (Å²) in [5.41, 5.74) is 2.08. The van der Waals surface area contributed by atoms with Crippen molar-refractivity contribution in [2.24, 2.45) is 0 Å². The Bertz CT molecular complexity index is 582. The molecular weight excluding hydrogens is 292 g/mol. The highest BCUT2D eigenvalue weighted by molar-refractivity contribution is 7.86. The molecule has 0 aromatic carbocycles. The van der Waals surface area contributed by atoms with Gasteiger partial charge in [0.15, 0.2) is 0 Å². The quantitative estimate of drug-likeness (QED) is 0.772. The third kappa shape index (κ3) is 3.13. The molecule has 0 saturated carbocycles. The van der Waals surface area contributed by atoms with Gasteiger partial charge < -0.3 is 4.74 Å². The van der Waals surface area contributed by atoms with Crippen LogP contribution >= 0.6 is 0 Å². The van der Waals surface area contributed by atoms with E-state index < -0.39 is 10.2 Å². The maximum Gasteiger partial charge on any atom is 0.281 e. The van der Waals surface area contributed by atoms with E-state index in [1.807, 2.05) is 18.5 Å². The first kappa shape index (κ1) is 16.4. The van der Waals surface area contributed by atoms with Crippen molar-refractivity contribution in [2.75, 3.05) is 33.9 Å². The van der Waals surface area contributed by atoms with Crippen LogP contribution in [0, 0.1) is 0 Å². The lowest BCUT2D eigenvalue weighted by Crippen LogP contribution is -2.45. The van der Waals surface area contributed by atoms with Gasteiger partial charge in [-0.1, -0.05) is 0 Å². The molecule has 1 atom stereocenters. The van der Waals surface area contributed by atoms with E-state index in [1.54, 1.807) is 20.3 Å². The van der Waals surface area contributed by atoms with E-state index in [0.717, 1.165) is 17.8 Å². The number of hydrogen-bond donors (Lipinski definition) is 0. The van der Waals surface area contributed by atoms with Crippen molar-refractivity contribution in [3.63, 3.8) is 0 Å². The van der Waals surface area contributed by atoms with Crippen molar-refractivity contribution in [1.29, 1.82) is 0 Å². The molecule has 7 nitrogen and oxygen atoms in total. The molecule has 0 fully saturated rings. The molecule has 1 aromatic heterocycles. The molecule has 0 bridgehead atoms. The Kier molecular flexibility index (Phi) is 5.03. The van der Waals surface area contributed by atoms with E-state index in [4.69, 9.17) is 4.74 Å². The fraction of sp³-hybridized carbons (Fsp3) is 0.769. The van der Waals surface area contributed by atoms with Crippen LogP contribution in [0.15, 0.2) is 6.20 Å². The summed E-state index contributed by atoms with van der Waals surface area (Å²) in [7, 11) is -0.317. The molecule has 0 unspecified atom stereocenters. The lowest BCUT2D eigenvalue weighted by atomic mass is 9.98. The molecule has 0 radical (unpaired) electrons. The molecular formula is C13H24N4O3S. The predicted octanol–water partition coefficient (Wildman–Crippen LogP) is 0.645. The Hall–Kier alpha value is -0.960.